The Hall–Kier alpha value is -4.88. The van der Waals surface area contributed by atoms with Crippen LogP contribution in [-0.4, -0.2) is 0 Å². The molecule has 0 aliphatic heterocycles. The van der Waals surface area contributed by atoms with E-state index < -0.39 is 0 Å². The Bertz CT molecular complexity index is 1710. The monoisotopic (exact) mass is 487 g/mol. The van der Waals surface area contributed by atoms with Crippen LogP contribution in [0.2, 0.25) is 0 Å². The summed E-state index contributed by atoms with van der Waals surface area (Å²) < 4.78 is 0. The van der Waals surface area contributed by atoms with Crippen molar-refractivity contribution in [3.63, 3.8) is 0 Å². The third kappa shape index (κ3) is 4.40. The first-order chi connectivity index (χ1) is 18.7. The highest BCUT2D eigenvalue weighted by molar-refractivity contribution is 5.97. The van der Waals surface area contributed by atoms with Gasteiger partial charge in [-0.1, -0.05) is 116 Å². The number of anilines is 3. The van der Waals surface area contributed by atoms with Crippen LogP contribution >= 0.6 is 0 Å². The normalized spacial score (nSPS) is 10.9. The average Bonchev–Trinajstić information content (AvgIpc) is 2.98. The van der Waals surface area contributed by atoms with Crippen LogP contribution in [0.25, 0.3) is 39.1 Å². The largest absolute Gasteiger partial charge is 0.311 e. The van der Waals surface area contributed by atoms with Gasteiger partial charge in [0.15, 0.2) is 0 Å². The number of rotatable bonds is 6. The van der Waals surface area contributed by atoms with Crippen molar-refractivity contribution in [1.29, 1.82) is 0 Å². The number of para-hydroxylation sites is 1. The molecule has 0 atom stereocenters. The molecule has 6 aromatic rings. The van der Waals surface area contributed by atoms with Gasteiger partial charge in [0.05, 0.1) is 0 Å². The third-order valence-corrected chi connectivity index (χ3v) is 7.21. The summed E-state index contributed by atoms with van der Waals surface area (Å²) in [6, 6.07) is 49.7. The summed E-state index contributed by atoms with van der Waals surface area (Å²) in [6.07, 6.45) is 1.95. The van der Waals surface area contributed by atoms with Crippen LogP contribution in [0.3, 0.4) is 0 Å². The number of benzene rings is 6. The number of nitrogens with zero attached hydrogens (tertiary/aromatic N) is 1. The molecule has 6 rings (SSSR count). The fraction of sp³-hybridized carbons (Fsp3) is 0.0270. The summed E-state index contributed by atoms with van der Waals surface area (Å²) in [6.45, 7) is 6.17. The zero-order valence-electron chi connectivity index (χ0n) is 21.5. The van der Waals surface area contributed by atoms with Crippen molar-refractivity contribution in [2.45, 2.75) is 6.92 Å². The highest BCUT2D eigenvalue weighted by atomic mass is 15.1. The maximum absolute atomic E-state index is 4.04. The summed E-state index contributed by atoms with van der Waals surface area (Å²) in [5.41, 5.74) is 10.6. The molecule has 0 heterocycles. The van der Waals surface area contributed by atoms with E-state index in [1.165, 1.54) is 44.2 Å². The second-order valence-corrected chi connectivity index (χ2v) is 9.53. The predicted molar refractivity (Wildman–Crippen MR) is 164 cm³/mol. The van der Waals surface area contributed by atoms with E-state index in [0.29, 0.717) is 0 Å². The van der Waals surface area contributed by atoms with Crippen molar-refractivity contribution < 1.29 is 0 Å². The minimum atomic E-state index is 1.12. The fourth-order valence-electron chi connectivity index (χ4n) is 5.28. The highest BCUT2D eigenvalue weighted by Gasteiger charge is 2.14. The van der Waals surface area contributed by atoms with Crippen LogP contribution in [0.15, 0.2) is 146 Å². The van der Waals surface area contributed by atoms with E-state index in [-0.39, 0.29) is 0 Å². The van der Waals surface area contributed by atoms with E-state index in [4.69, 9.17) is 0 Å². The summed E-state index contributed by atoms with van der Waals surface area (Å²) in [7, 11) is 0. The molecule has 0 aliphatic rings. The van der Waals surface area contributed by atoms with Gasteiger partial charge in [0.25, 0.3) is 0 Å². The Morgan fingerprint density at radius 1 is 0.500 bits per heavy atom. The fourth-order valence-corrected chi connectivity index (χ4v) is 5.28. The smallest absolute Gasteiger partial charge is 0.0462 e. The van der Waals surface area contributed by atoms with Crippen LogP contribution in [0, 0.1) is 6.92 Å². The number of hydrogen-bond acceptors (Lipinski definition) is 1. The molecular formula is C37H29N. The van der Waals surface area contributed by atoms with E-state index in [1.54, 1.807) is 0 Å². The standard InChI is InChI=1S/C37H29N/c1-3-34-27(2)11-9-17-35(34)29-19-23-32(24-20-29)38(31-14-5-4-6-15-31)33-25-21-30(22-26-33)37-18-10-13-28-12-7-8-16-36(28)37/h3-26H,1H2,2H3. The Balaban J connectivity index is 1.40. The molecule has 1 nitrogen and oxygen atoms in total. The zero-order chi connectivity index (χ0) is 25.9. The Labute approximate surface area is 225 Å². The molecule has 0 radical (unpaired) electrons. The van der Waals surface area contributed by atoms with E-state index in [9.17, 15) is 0 Å². The van der Waals surface area contributed by atoms with Crippen molar-refractivity contribution in [1.82, 2.24) is 0 Å². The molecule has 0 aliphatic carbocycles. The van der Waals surface area contributed by atoms with Gasteiger partial charge in [-0.25, -0.2) is 0 Å². The molecule has 0 N–H and O–H groups in total. The molecule has 0 unspecified atom stereocenters. The van der Waals surface area contributed by atoms with Gasteiger partial charge < -0.3 is 4.90 Å². The Kier molecular flexibility index (Phi) is 6.34. The molecule has 0 bridgehead atoms. The van der Waals surface area contributed by atoms with Crippen molar-refractivity contribution in [2.75, 3.05) is 4.90 Å². The second-order valence-electron chi connectivity index (χ2n) is 9.53. The van der Waals surface area contributed by atoms with Crippen molar-refractivity contribution >= 4 is 33.9 Å². The molecule has 1 heteroatoms. The predicted octanol–water partition coefficient (Wildman–Crippen LogP) is 10.6. The minimum Gasteiger partial charge on any atom is -0.311 e. The van der Waals surface area contributed by atoms with Crippen LogP contribution in [0.1, 0.15) is 11.1 Å². The van der Waals surface area contributed by atoms with Gasteiger partial charge in [0.2, 0.25) is 0 Å². The molecule has 0 saturated heterocycles. The van der Waals surface area contributed by atoms with Crippen molar-refractivity contribution in [2.24, 2.45) is 0 Å². The maximum Gasteiger partial charge on any atom is 0.0462 e. The van der Waals surface area contributed by atoms with Gasteiger partial charge in [-0.2, -0.15) is 0 Å². The molecule has 0 aromatic heterocycles. The number of hydrogen-bond donors (Lipinski definition) is 0. The lowest BCUT2D eigenvalue weighted by Crippen LogP contribution is -2.09. The highest BCUT2D eigenvalue weighted by Crippen LogP contribution is 2.38. The molecule has 0 fully saturated rings. The lowest BCUT2D eigenvalue weighted by molar-refractivity contribution is 1.28. The van der Waals surface area contributed by atoms with Gasteiger partial charge in [0, 0.05) is 17.1 Å². The number of aryl methyl sites for hydroxylation is 1. The van der Waals surface area contributed by atoms with Gasteiger partial charge in [-0.15, -0.1) is 0 Å². The van der Waals surface area contributed by atoms with E-state index in [0.717, 1.165) is 17.1 Å². The first-order valence-electron chi connectivity index (χ1n) is 13.0. The van der Waals surface area contributed by atoms with Crippen LogP contribution in [-0.2, 0) is 0 Å². The zero-order valence-corrected chi connectivity index (χ0v) is 21.5. The van der Waals surface area contributed by atoms with Crippen molar-refractivity contribution in [3.8, 4) is 22.3 Å². The molecule has 0 spiro atoms. The molecule has 182 valence electrons. The third-order valence-electron chi connectivity index (χ3n) is 7.21. The minimum absolute atomic E-state index is 1.12. The average molecular weight is 488 g/mol. The van der Waals surface area contributed by atoms with Gasteiger partial charge in [-0.05, 0) is 87.5 Å². The van der Waals surface area contributed by atoms with Crippen molar-refractivity contribution in [3.05, 3.63) is 157 Å². The number of fused-ring (bicyclic) bond motifs is 1. The molecule has 6 aromatic carbocycles. The maximum atomic E-state index is 4.04. The lowest BCUT2D eigenvalue weighted by atomic mass is 9.95. The summed E-state index contributed by atoms with van der Waals surface area (Å²) in [5, 5.41) is 2.53. The topological polar surface area (TPSA) is 3.24 Å². The van der Waals surface area contributed by atoms with Gasteiger partial charge >= 0.3 is 0 Å². The van der Waals surface area contributed by atoms with E-state index >= 15 is 0 Å². The second kappa shape index (κ2) is 10.2. The molecule has 0 amide bonds. The molecule has 38 heavy (non-hydrogen) atoms. The summed E-state index contributed by atoms with van der Waals surface area (Å²) in [5.74, 6) is 0. The molecule has 0 saturated carbocycles. The van der Waals surface area contributed by atoms with Crippen LogP contribution < -0.4 is 4.90 Å². The first kappa shape index (κ1) is 23.5. The molecular weight excluding hydrogens is 458 g/mol. The van der Waals surface area contributed by atoms with E-state index in [1.807, 2.05) is 6.08 Å². The van der Waals surface area contributed by atoms with E-state index in [2.05, 4.69) is 158 Å². The first-order valence-corrected chi connectivity index (χ1v) is 13.0. The summed E-state index contributed by atoms with van der Waals surface area (Å²) >= 11 is 0. The van der Waals surface area contributed by atoms with Gasteiger partial charge in [-0.3, -0.25) is 0 Å². The SMILES string of the molecule is C=Cc1c(C)cccc1-c1ccc(N(c2ccccc2)c2ccc(-c3cccc4ccccc34)cc2)cc1. The lowest BCUT2D eigenvalue weighted by Gasteiger charge is -2.26. The summed E-state index contributed by atoms with van der Waals surface area (Å²) in [4.78, 5) is 2.31. The van der Waals surface area contributed by atoms with Crippen LogP contribution in [0.4, 0.5) is 17.1 Å². The Morgan fingerprint density at radius 3 is 1.71 bits per heavy atom. The van der Waals surface area contributed by atoms with Gasteiger partial charge in [0.1, 0.15) is 0 Å². The quantitative estimate of drug-likeness (QED) is 0.226. The van der Waals surface area contributed by atoms with Crippen LogP contribution in [0.5, 0.6) is 0 Å². The Morgan fingerprint density at radius 2 is 1.03 bits per heavy atom.